The second kappa shape index (κ2) is 9.66. The molecule has 1 aliphatic heterocycles. The molecule has 2 aromatic rings. The van der Waals surface area contributed by atoms with Crippen LogP contribution in [0.3, 0.4) is 0 Å². The monoisotopic (exact) mass is 370 g/mol. The lowest BCUT2D eigenvalue weighted by molar-refractivity contribution is 0.174. The van der Waals surface area contributed by atoms with Crippen molar-refractivity contribution in [2.24, 2.45) is 4.99 Å². The van der Waals surface area contributed by atoms with Gasteiger partial charge in [-0.3, -0.25) is 4.99 Å². The van der Waals surface area contributed by atoms with Crippen LogP contribution in [-0.2, 0) is 13.0 Å². The molecule has 0 radical (unpaired) electrons. The fraction of sp³-hybridized carbons (Fsp3) is 0.400. The Bertz CT molecular complexity index is 762. The Kier molecular flexibility index (Phi) is 6.73. The summed E-state index contributed by atoms with van der Waals surface area (Å²) in [5.41, 5.74) is 2.26. The predicted molar refractivity (Wildman–Crippen MR) is 104 cm³/mol. The number of ether oxygens (including phenoxy) is 3. The molecule has 1 aromatic carbocycles. The summed E-state index contributed by atoms with van der Waals surface area (Å²) in [5, 5.41) is 6.61. The van der Waals surface area contributed by atoms with Crippen LogP contribution >= 0.6 is 0 Å². The summed E-state index contributed by atoms with van der Waals surface area (Å²) in [6.45, 7) is 4.47. The number of pyridine rings is 1. The molecule has 0 amide bonds. The maximum absolute atomic E-state index is 5.50. The van der Waals surface area contributed by atoms with E-state index in [1.807, 2.05) is 30.5 Å². The Balaban J connectivity index is 1.41. The van der Waals surface area contributed by atoms with Gasteiger partial charge in [-0.1, -0.05) is 19.1 Å². The predicted octanol–water partition coefficient (Wildman–Crippen LogP) is 2.51. The van der Waals surface area contributed by atoms with Gasteiger partial charge in [-0.2, -0.15) is 0 Å². The zero-order chi connectivity index (χ0) is 18.9. The second-order valence-electron chi connectivity index (χ2n) is 6.14. The summed E-state index contributed by atoms with van der Waals surface area (Å²) < 4.78 is 16.2. The number of rotatable bonds is 8. The summed E-state index contributed by atoms with van der Waals surface area (Å²) >= 11 is 0. The van der Waals surface area contributed by atoms with E-state index in [1.54, 1.807) is 7.05 Å². The molecule has 0 unspecified atom stereocenters. The van der Waals surface area contributed by atoms with Gasteiger partial charge in [0, 0.05) is 32.4 Å². The molecular weight excluding hydrogens is 344 g/mol. The van der Waals surface area contributed by atoms with Crippen molar-refractivity contribution in [2.45, 2.75) is 26.3 Å². The Morgan fingerprint density at radius 1 is 1.15 bits per heavy atom. The van der Waals surface area contributed by atoms with E-state index in [2.05, 4.69) is 33.6 Å². The average Bonchev–Trinajstić information content (AvgIpc) is 3.17. The molecule has 7 heteroatoms. The highest BCUT2D eigenvalue weighted by Crippen LogP contribution is 2.32. The van der Waals surface area contributed by atoms with Crippen molar-refractivity contribution >= 4 is 5.96 Å². The topological polar surface area (TPSA) is 77.0 Å². The van der Waals surface area contributed by atoms with Crippen LogP contribution in [0.15, 0.2) is 41.5 Å². The summed E-state index contributed by atoms with van der Waals surface area (Å²) in [7, 11) is 1.76. The van der Waals surface area contributed by atoms with Gasteiger partial charge < -0.3 is 24.8 Å². The first-order valence-electron chi connectivity index (χ1n) is 9.19. The fourth-order valence-corrected chi connectivity index (χ4v) is 2.64. The Hall–Kier alpha value is -2.96. The smallest absolute Gasteiger partial charge is 0.231 e. The average molecular weight is 370 g/mol. The lowest BCUT2D eigenvalue weighted by Crippen LogP contribution is -2.37. The van der Waals surface area contributed by atoms with Crippen molar-refractivity contribution in [3.05, 3.63) is 47.7 Å². The Labute approximate surface area is 159 Å². The van der Waals surface area contributed by atoms with Gasteiger partial charge >= 0.3 is 0 Å². The number of aromatic nitrogens is 1. The van der Waals surface area contributed by atoms with Crippen LogP contribution < -0.4 is 24.8 Å². The van der Waals surface area contributed by atoms with Crippen LogP contribution in [0.25, 0.3) is 0 Å². The third-order valence-electron chi connectivity index (χ3n) is 4.08. The van der Waals surface area contributed by atoms with E-state index in [4.69, 9.17) is 14.2 Å². The van der Waals surface area contributed by atoms with Crippen molar-refractivity contribution in [1.82, 2.24) is 15.6 Å². The molecule has 0 saturated carbocycles. The Morgan fingerprint density at radius 3 is 2.78 bits per heavy atom. The van der Waals surface area contributed by atoms with Gasteiger partial charge in [0.1, 0.15) is 0 Å². The van der Waals surface area contributed by atoms with Crippen LogP contribution in [0, 0.1) is 0 Å². The van der Waals surface area contributed by atoms with Gasteiger partial charge in [-0.25, -0.2) is 4.98 Å². The number of nitrogens with zero attached hydrogens (tertiary/aromatic N) is 2. The van der Waals surface area contributed by atoms with Gasteiger partial charge in [-0.15, -0.1) is 0 Å². The van der Waals surface area contributed by atoms with Gasteiger partial charge in [0.25, 0.3) is 0 Å². The van der Waals surface area contributed by atoms with E-state index in [-0.39, 0.29) is 0 Å². The maximum atomic E-state index is 5.50. The molecule has 1 aliphatic rings. The van der Waals surface area contributed by atoms with Crippen LogP contribution in [0.4, 0.5) is 0 Å². The molecule has 0 bridgehead atoms. The highest BCUT2D eigenvalue weighted by atomic mass is 16.7. The molecule has 144 valence electrons. The number of nitrogens with one attached hydrogen (secondary N) is 2. The maximum Gasteiger partial charge on any atom is 0.231 e. The van der Waals surface area contributed by atoms with E-state index in [0.717, 1.165) is 42.4 Å². The van der Waals surface area contributed by atoms with Crippen molar-refractivity contribution in [2.75, 3.05) is 27.0 Å². The largest absolute Gasteiger partial charge is 0.478 e. The van der Waals surface area contributed by atoms with Crippen molar-refractivity contribution < 1.29 is 14.2 Å². The van der Waals surface area contributed by atoms with E-state index < -0.39 is 0 Å². The number of guanidine groups is 1. The van der Waals surface area contributed by atoms with Crippen LogP contribution in [0.2, 0.25) is 0 Å². The van der Waals surface area contributed by atoms with E-state index in [9.17, 15) is 0 Å². The third kappa shape index (κ3) is 5.51. The van der Waals surface area contributed by atoms with Crippen LogP contribution in [0.5, 0.6) is 17.4 Å². The number of fused-ring (bicyclic) bond motifs is 1. The highest BCUT2D eigenvalue weighted by Gasteiger charge is 2.12. The molecule has 0 atom stereocenters. The van der Waals surface area contributed by atoms with Crippen LogP contribution in [0.1, 0.15) is 24.5 Å². The molecule has 2 N–H and O–H groups in total. The van der Waals surface area contributed by atoms with E-state index in [0.29, 0.717) is 25.8 Å². The second-order valence-corrected chi connectivity index (χ2v) is 6.14. The molecule has 7 nitrogen and oxygen atoms in total. The molecule has 3 rings (SSSR count). The van der Waals surface area contributed by atoms with E-state index >= 15 is 0 Å². The lowest BCUT2D eigenvalue weighted by Gasteiger charge is -2.12. The molecule has 27 heavy (non-hydrogen) atoms. The molecule has 0 saturated heterocycles. The molecule has 0 aliphatic carbocycles. The molecule has 1 aromatic heterocycles. The van der Waals surface area contributed by atoms with Crippen molar-refractivity contribution in [3.63, 3.8) is 0 Å². The molecule has 2 heterocycles. The first-order valence-corrected chi connectivity index (χ1v) is 9.19. The summed E-state index contributed by atoms with van der Waals surface area (Å²) in [6, 6.07) is 9.92. The highest BCUT2D eigenvalue weighted by molar-refractivity contribution is 5.79. The summed E-state index contributed by atoms with van der Waals surface area (Å²) in [4.78, 5) is 8.56. The number of benzene rings is 1. The molecule has 0 fully saturated rings. The fourth-order valence-electron chi connectivity index (χ4n) is 2.64. The summed E-state index contributed by atoms with van der Waals surface area (Å²) in [6.07, 6.45) is 3.65. The van der Waals surface area contributed by atoms with Crippen LogP contribution in [-0.4, -0.2) is 37.9 Å². The minimum absolute atomic E-state index is 0.300. The first-order chi connectivity index (χ1) is 13.3. The number of aliphatic imine (C=N–C) groups is 1. The third-order valence-corrected chi connectivity index (χ3v) is 4.08. The minimum atomic E-state index is 0.300. The Morgan fingerprint density at radius 2 is 2.00 bits per heavy atom. The normalized spacial score (nSPS) is 12.7. The first kappa shape index (κ1) is 18.8. The SMILES string of the molecule is CCCOc1ccc(CNC(=NC)NCCc2ccc3c(c2)OCO3)cn1. The van der Waals surface area contributed by atoms with Gasteiger partial charge in [-0.05, 0) is 36.1 Å². The van der Waals surface area contributed by atoms with Gasteiger partial charge in [0.05, 0.1) is 6.61 Å². The van der Waals surface area contributed by atoms with Crippen molar-refractivity contribution in [1.29, 1.82) is 0 Å². The zero-order valence-electron chi connectivity index (χ0n) is 15.8. The van der Waals surface area contributed by atoms with Crippen molar-refractivity contribution in [3.8, 4) is 17.4 Å². The standard InChI is InChI=1S/C20H26N4O3/c1-3-10-25-19-7-5-16(12-23-19)13-24-20(21-2)22-9-8-15-4-6-17-18(11-15)27-14-26-17/h4-7,11-12H,3,8-10,13-14H2,1-2H3,(H2,21,22,24). The van der Waals surface area contributed by atoms with Gasteiger partial charge in [0.2, 0.25) is 12.7 Å². The summed E-state index contributed by atoms with van der Waals surface area (Å²) in [5.74, 6) is 3.03. The molecular formula is C20H26N4O3. The zero-order valence-corrected chi connectivity index (χ0v) is 15.8. The number of hydrogen-bond donors (Lipinski definition) is 2. The minimum Gasteiger partial charge on any atom is -0.478 e. The van der Waals surface area contributed by atoms with E-state index in [1.165, 1.54) is 5.56 Å². The lowest BCUT2D eigenvalue weighted by atomic mass is 10.1. The quantitative estimate of drug-likeness (QED) is 0.549. The molecule has 0 spiro atoms. The number of hydrogen-bond acceptors (Lipinski definition) is 5. The van der Waals surface area contributed by atoms with Gasteiger partial charge in [0.15, 0.2) is 17.5 Å².